The number of halogens is 1. The molecule has 1 heterocycles. The second-order valence-electron chi connectivity index (χ2n) is 5.05. The van der Waals surface area contributed by atoms with Crippen LogP contribution in [0.2, 0.25) is 0 Å². The number of ketones is 1. The van der Waals surface area contributed by atoms with Gasteiger partial charge in [0, 0.05) is 17.8 Å². The van der Waals surface area contributed by atoms with E-state index in [0.29, 0.717) is 12.2 Å². The summed E-state index contributed by atoms with van der Waals surface area (Å²) < 4.78 is 18.8. The van der Waals surface area contributed by atoms with Crippen molar-refractivity contribution in [2.75, 3.05) is 11.9 Å². The molecule has 0 amide bonds. The van der Waals surface area contributed by atoms with Crippen molar-refractivity contribution in [2.24, 2.45) is 0 Å². The first-order chi connectivity index (χ1) is 10.0. The molecule has 0 unspecified atom stereocenters. The van der Waals surface area contributed by atoms with Crippen LogP contribution in [0.1, 0.15) is 40.7 Å². The number of anilines is 1. The molecule has 1 N–H and O–H groups in total. The fourth-order valence-corrected chi connectivity index (χ4v) is 2.38. The van der Waals surface area contributed by atoms with E-state index in [-0.39, 0.29) is 11.3 Å². The van der Waals surface area contributed by atoms with Crippen molar-refractivity contribution < 1.29 is 13.7 Å². The molecule has 5 heteroatoms. The molecule has 0 bridgehead atoms. The molecule has 1 aromatic carbocycles. The second-order valence-corrected chi connectivity index (χ2v) is 5.05. The number of hydrogen-bond acceptors (Lipinski definition) is 4. The smallest absolute Gasteiger partial charge is 0.164 e. The lowest BCUT2D eigenvalue weighted by Crippen LogP contribution is -2.09. The summed E-state index contributed by atoms with van der Waals surface area (Å²) in [5, 5.41) is 7.04. The lowest BCUT2D eigenvalue weighted by atomic mass is 10.1. The van der Waals surface area contributed by atoms with E-state index in [2.05, 4.69) is 10.5 Å². The summed E-state index contributed by atoms with van der Waals surface area (Å²) in [6, 6.07) is 4.61. The lowest BCUT2D eigenvalue weighted by Gasteiger charge is -2.10. The molecule has 0 aliphatic rings. The fraction of sp³-hybridized carbons (Fsp3) is 0.375. The Labute approximate surface area is 123 Å². The Kier molecular flexibility index (Phi) is 4.73. The van der Waals surface area contributed by atoms with E-state index in [9.17, 15) is 9.18 Å². The van der Waals surface area contributed by atoms with Crippen molar-refractivity contribution >= 4 is 11.5 Å². The average molecular weight is 290 g/mol. The van der Waals surface area contributed by atoms with Crippen molar-refractivity contribution in [1.82, 2.24) is 5.16 Å². The third kappa shape index (κ3) is 3.48. The van der Waals surface area contributed by atoms with Crippen LogP contribution in [0.25, 0.3) is 0 Å². The van der Waals surface area contributed by atoms with Crippen LogP contribution in [0.15, 0.2) is 22.7 Å². The molecule has 2 aromatic rings. The van der Waals surface area contributed by atoms with Crippen molar-refractivity contribution in [3.05, 3.63) is 46.6 Å². The SMILES string of the molecule is CC(=O)c1c(F)cccc1NCCCc1c(C)noc1C. The first-order valence-corrected chi connectivity index (χ1v) is 6.95. The van der Waals surface area contributed by atoms with Gasteiger partial charge in [0.25, 0.3) is 0 Å². The van der Waals surface area contributed by atoms with Gasteiger partial charge >= 0.3 is 0 Å². The minimum atomic E-state index is -0.488. The number of nitrogens with zero attached hydrogens (tertiary/aromatic N) is 1. The first kappa shape index (κ1) is 15.2. The molecule has 0 saturated heterocycles. The highest BCUT2D eigenvalue weighted by molar-refractivity contribution is 5.99. The van der Waals surface area contributed by atoms with Crippen LogP contribution in [0, 0.1) is 19.7 Å². The summed E-state index contributed by atoms with van der Waals surface area (Å²) in [7, 11) is 0. The van der Waals surface area contributed by atoms with Gasteiger partial charge in [-0.05, 0) is 45.7 Å². The monoisotopic (exact) mass is 290 g/mol. The van der Waals surface area contributed by atoms with Crippen molar-refractivity contribution in [2.45, 2.75) is 33.6 Å². The van der Waals surface area contributed by atoms with Crippen molar-refractivity contribution in [3.63, 3.8) is 0 Å². The van der Waals surface area contributed by atoms with Crippen molar-refractivity contribution in [1.29, 1.82) is 0 Å². The molecule has 4 nitrogen and oxygen atoms in total. The molecule has 0 aliphatic carbocycles. The van der Waals surface area contributed by atoms with Crippen LogP contribution in [-0.2, 0) is 6.42 Å². The molecule has 21 heavy (non-hydrogen) atoms. The predicted molar refractivity (Wildman–Crippen MR) is 79.2 cm³/mol. The number of aryl methyl sites for hydroxylation is 2. The largest absolute Gasteiger partial charge is 0.384 e. The van der Waals surface area contributed by atoms with Crippen LogP contribution in [0.4, 0.5) is 10.1 Å². The van der Waals surface area contributed by atoms with Gasteiger partial charge < -0.3 is 9.84 Å². The zero-order valence-electron chi connectivity index (χ0n) is 12.5. The Morgan fingerprint density at radius 1 is 1.38 bits per heavy atom. The van der Waals surface area contributed by atoms with Crippen LogP contribution in [0.5, 0.6) is 0 Å². The number of aromatic nitrogens is 1. The van der Waals surface area contributed by atoms with Gasteiger partial charge in [-0.2, -0.15) is 0 Å². The summed E-state index contributed by atoms with van der Waals surface area (Å²) in [4.78, 5) is 11.5. The molecule has 0 aliphatic heterocycles. The molecule has 0 spiro atoms. The Morgan fingerprint density at radius 3 is 2.76 bits per heavy atom. The van der Waals surface area contributed by atoms with E-state index in [1.807, 2.05) is 13.8 Å². The molecule has 0 radical (unpaired) electrons. The molecule has 1 aromatic heterocycles. The van der Waals surface area contributed by atoms with E-state index < -0.39 is 5.82 Å². The minimum absolute atomic E-state index is 0.120. The normalized spacial score (nSPS) is 10.7. The highest BCUT2D eigenvalue weighted by Gasteiger charge is 2.13. The van der Waals surface area contributed by atoms with E-state index in [1.165, 1.54) is 13.0 Å². The number of hydrogen-bond donors (Lipinski definition) is 1. The maximum Gasteiger partial charge on any atom is 0.164 e. The first-order valence-electron chi connectivity index (χ1n) is 6.95. The number of carbonyl (C=O) groups is 1. The summed E-state index contributed by atoms with van der Waals surface area (Å²) in [6.45, 7) is 5.82. The van der Waals surface area contributed by atoms with Gasteiger partial charge in [-0.1, -0.05) is 11.2 Å². The number of benzene rings is 1. The van der Waals surface area contributed by atoms with Gasteiger partial charge in [0.1, 0.15) is 11.6 Å². The Morgan fingerprint density at radius 2 is 2.14 bits per heavy atom. The van der Waals surface area contributed by atoms with Crippen LogP contribution >= 0.6 is 0 Å². The lowest BCUT2D eigenvalue weighted by molar-refractivity contribution is 0.101. The number of nitrogens with one attached hydrogen (secondary N) is 1. The summed E-state index contributed by atoms with van der Waals surface area (Å²) >= 11 is 0. The van der Waals surface area contributed by atoms with Crippen molar-refractivity contribution in [3.8, 4) is 0 Å². The second kappa shape index (κ2) is 6.52. The molecule has 0 atom stereocenters. The van der Waals surface area contributed by atoms with E-state index in [0.717, 1.165) is 29.9 Å². The summed E-state index contributed by atoms with van der Waals surface area (Å²) in [5.41, 5.74) is 2.68. The number of rotatable bonds is 6. The zero-order chi connectivity index (χ0) is 15.4. The van der Waals surface area contributed by atoms with Gasteiger partial charge in [-0.3, -0.25) is 4.79 Å². The molecule has 112 valence electrons. The third-order valence-corrected chi connectivity index (χ3v) is 3.47. The Balaban J connectivity index is 1.96. The van der Waals surface area contributed by atoms with Gasteiger partial charge in [-0.25, -0.2) is 4.39 Å². The number of carbonyl (C=O) groups excluding carboxylic acids is 1. The molecular weight excluding hydrogens is 271 g/mol. The highest BCUT2D eigenvalue weighted by atomic mass is 19.1. The Hall–Kier alpha value is -2.17. The predicted octanol–water partition coefficient (Wildman–Crippen LogP) is 3.68. The van der Waals surface area contributed by atoms with E-state index in [4.69, 9.17) is 4.52 Å². The fourth-order valence-electron chi connectivity index (χ4n) is 2.38. The topological polar surface area (TPSA) is 55.1 Å². The van der Waals surface area contributed by atoms with Crippen LogP contribution in [0.3, 0.4) is 0 Å². The van der Waals surface area contributed by atoms with Crippen LogP contribution < -0.4 is 5.32 Å². The van der Waals surface area contributed by atoms with Gasteiger partial charge in [0.2, 0.25) is 0 Å². The van der Waals surface area contributed by atoms with Gasteiger partial charge in [-0.15, -0.1) is 0 Å². The molecular formula is C16H19FN2O2. The number of Topliss-reactive ketones (excluding diaryl/α,β-unsaturated/α-hetero) is 1. The Bertz CT molecular complexity index is 630. The summed E-state index contributed by atoms with van der Waals surface area (Å²) in [5.74, 6) is 0.0715. The molecule has 0 fully saturated rings. The van der Waals surface area contributed by atoms with E-state index in [1.54, 1.807) is 12.1 Å². The standard InChI is InChI=1S/C16H19FN2O2/c1-10-13(12(3)21-19-10)6-5-9-18-15-8-4-7-14(17)16(15)11(2)20/h4,7-8,18H,5-6,9H2,1-3H3. The maximum absolute atomic E-state index is 13.7. The quantitative estimate of drug-likeness (QED) is 0.651. The highest BCUT2D eigenvalue weighted by Crippen LogP contribution is 2.20. The van der Waals surface area contributed by atoms with Gasteiger partial charge in [0.15, 0.2) is 5.78 Å². The maximum atomic E-state index is 13.7. The zero-order valence-corrected chi connectivity index (χ0v) is 12.5. The molecule has 2 rings (SSSR count). The van der Waals surface area contributed by atoms with Gasteiger partial charge in [0.05, 0.1) is 11.3 Å². The molecule has 0 saturated carbocycles. The van der Waals surface area contributed by atoms with E-state index >= 15 is 0 Å². The van der Waals surface area contributed by atoms with Crippen LogP contribution in [-0.4, -0.2) is 17.5 Å². The summed E-state index contributed by atoms with van der Waals surface area (Å²) in [6.07, 6.45) is 1.68. The average Bonchev–Trinajstić information content (AvgIpc) is 2.74. The third-order valence-electron chi connectivity index (χ3n) is 3.47. The minimum Gasteiger partial charge on any atom is -0.384 e.